The molecule has 132 valence electrons. The Hall–Kier alpha value is -1.57. The smallest absolute Gasteiger partial charge is 0.266 e. The van der Waals surface area contributed by atoms with E-state index in [-0.39, 0.29) is 5.57 Å². The zero-order chi connectivity index (χ0) is 19.1. The Balaban J connectivity index is 2.24. The van der Waals surface area contributed by atoms with Gasteiger partial charge in [-0.3, -0.25) is 4.79 Å². The summed E-state index contributed by atoms with van der Waals surface area (Å²) in [5.74, 6) is 0.277. The van der Waals surface area contributed by atoms with E-state index in [0.717, 1.165) is 18.5 Å². The first-order valence-electron chi connectivity index (χ1n) is 7.36. The van der Waals surface area contributed by atoms with E-state index in [1.165, 1.54) is 0 Å². The largest absolute Gasteiger partial charge is 0.487 e. The summed E-state index contributed by atoms with van der Waals surface area (Å²) >= 11 is 10.1. The number of halogens is 3. The quantitative estimate of drug-likeness (QED) is 0.205. The number of hydrogen-bond acceptors (Lipinski definition) is 3. The second kappa shape index (κ2) is 9.94. The van der Waals surface area contributed by atoms with Gasteiger partial charge < -0.3 is 10.1 Å². The SMILES string of the molecule is C=CCOc1c(I)cc(/C=C(/C#N)C(=O)Nc2ccc(Cl)cc2)cc1I. The average molecular weight is 591 g/mol. The third kappa shape index (κ3) is 5.72. The molecule has 4 nitrogen and oxygen atoms in total. The summed E-state index contributed by atoms with van der Waals surface area (Å²) < 4.78 is 7.40. The first kappa shape index (κ1) is 20.7. The van der Waals surface area contributed by atoms with E-state index in [1.54, 1.807) is 36.4 Å². The number of ether oxygens (including phenoxy) is 1. The van der Waals surface area contributed by atoms with Gasteiger partial charge in [-0.1, -0.05) is 24.3 Å². The number of carbonyl (C=O) groups excluding carboxylic acids is 1. The summed E-state index contributed by atoms with van der Waals surface area (Å²) in [6.07, 6.45) is 3.22. The normalized spacial score (nSPS) is 10.8. The van der Waals surface area contributed by atoms with Crippen LogP contribution in [0.15, 0.2) is 54.6 Å². The van der Waals surface area contributed by atoms with Crippen molar-refractivity contribution in [3.8, 4) is 11.8 Å². The summed E-state index contributed by atoms with van der Waals surface area (Å²) in [6.45, 7) is 4.05. The van der Waals surface area contributed by atoms with Gasteiger partial charge in [0.25, 0.3) is 5.91 Å². The molecule has 0 aliphatic rings. The molecule has 1 amide bonds. The standard InChI is InChI=1S/C19H13ClI2N2O2/c1-2-7-26-18-16(21)9-12(10-17(18)22)8-13(11-23)19(25)24-15-5-3-14(20)4-6-15/h2-6,8-10H,1,7H2,(H,24,25)/b13-8-. The van der Waals surface area contributed by atoms with Crippen LogP contribution in [0.3, 0.4) is 0 Å². The second-order valence-electron chi connectivity index (χ2n) is 5.04. The van der Waals surface area contributed by atoms with E-state index in [4.69, 9.17) is 16.3 Å². The average Bonchev–Trinajstić information content (AvgIpc) is 2.61. The molecule has 7 heteroatoms. The second-order valence-corrected chi connectivity index (χ2v) is 7.81. The van der Waals surface area contributed by atoms with Gasteiger partial charge in [0.2, 0.25) is 0 Å². The van der Waals surface area contributed by atoms with Crippen molar-refractivity contribution in [2.45, 2.75) is 0 Å². The molecule has 26 heavy (non-hydrogen) atoms. The van der Waals surface area contributed by atoms with Gasteiger partial charge in [-0.25, -0.2) is 0 Å². The minimum atomic E-state index is -0.480. The van der Waals surface area contributed by atoms with E-state index in [9.17, 15) is 10.1 Å². The minimum absolute atomic E-state index is 0.00584. The van der Waals surface area contributed by atoms with Crippen LogP contribution in [0.5, 0.6) is 5.75 Å². The molecule has 1 N–H and O–H groups in total. The van der Waals surface area contributed by atoms with Crippen molar-refractivity contribution in [1.29, 1.82) is 5.26 Å². The van der Waals surface area contributed by atoms with Crippen molar-refractivity contribution in [2.24, 2.45) is 0 Å². The van der Waals surface area contributed by atoms with Crippen LogP contribution in [0, 0.1) is 18.5 Å². The Labute approximate surface area is 184 Å². The Bertz CT molecular complexity index is 880. The maximum Gasteiger partial charge on any atom is 0.266 e. The molecule has 0 spiro atoms. The summed E-state index contributed by atoms with van der Waals surface area (Å²) in [7, 11) is 0. The molecule has 0 heterocycles. The fraction of sp³-hybridized carbons (Fsp3) is 0.0526. The summed E-state index contributed by atoms with van der Waals surface area (Å²) in [5.41, 5.74) is 1.32. The lowest BCUT2D eigenvalue weighted by Crippen LogP contribution is -2.13. The van der Waals surface area contributed by atoms with Gasteiger partial charge >= 0.3 is 0 Å². The number of hydrogen-bond donors (Lipinski definition) is 1. The Kier molecular flexibility index (Phi) is 7.93. The Morgan fingerprint density at radius 2 is 1.88 bits per heavy atom. The lowest BCUT2D eigenvalue weighted by molar-refractivity contribution is -0.112. The summed E-state index contributed by atoms with van der Waals surface area (Å²) in [4.78, 5) is 12.3. The van der Waals surface area contributed by atoms with Gasteiger partial charge in [0.15, 0.2) is 0 Å². The molecular weight excluding hydrogens is 577 g/mol. The molecule has 0 radical (unpaired) electrons. The number of rotatable bonds is 6. The van der Waals surface area contributed by atoms with Crippen LogP contribution in [0.2, 0.25) is 5.02 Å². The first-order chi connectivity index (χ1) is 12.4. The molecule has 0 aromatic heterocycles. The monoisotopic (exact) mass is 590 g/mol. The third-order valence-corrected chi connectivity index (χ3v) is 5.00. The molecule has 0 saturated carbocycles. The maximum absolute atomic E-state index is 12.3. The number of nitrogens with zero attached hydrogens (tertiary/aromatic N) is 1. The molecule has 0 bridgehead atoms. The van der Waals surface area contributed by atoms with Crippen molar-refractivity contribution in [3.05, 3.63) is 72.4 Å². The third-order valence-electron chi connectivity index (χ3n) is 3.14. The van der Waals surface area contributed by atoms with Crippen molar-refractivity contribution >= 4 is 74.5 Å². The van der Waals surface area contributed by atoms with E-state index in [2.05, 4.69) is 57.1 Å². The van der Waals surface area contributed by atoms with E-state index in [0.29, 0.717) is 17.3 Å². The fourth-order valence-corrected chi connectivity index (χ4v) is 4.24. The van der Waals surface area contributed by atoms with Crippen LogP contribution in [-0.4, -0.2) is 12.5 Å². The molecule has 2 aromatic carbocycles. The van der Waals surface area contributed by atoms with Crippen LogP contribution < -0.4 is 10.1 Å². The molecule has 0 aliphatic carbocycles. The molecule has 0 aliphatic heterocycles. The van der Waals surface area contributed by atoms with Gasteiger partial charge in [0.1, 0.15) is 24.0 Å². The van der Waals surface area contributed by atoms with Crippen molar-refractivity contribution in [2.75, 3.05) is 11.9 Å². The lowest BCUT2D eigenvalue weighted by atomic mass is 10.1. The van der Waals surface area contributed by atoms with Crippen molar-refractivity contribution in [3.63, 3.8) is 0 Å². The number of carbonyl (C=O) groups is 1. The van der Waals surface area contributed by atoms with Crippen molar-refractivity contribution in [1.82, 2.24) is 0 Å². The highest BCUT2D eigenvalue weighted by atomic mass is 127. The number of nitriles is 1. The van der Waals surface area contributed by atoms with Crippen LogP contribution >= 0.6 is 56.8 Å². The van der Waals surface area contributed by atoms with Gasteiger partial charge in [0, 0.05) is 10.7 Å². The number of nitrogens with one attached hydrogen (secondary N) is 1. The first-order valence-corrected chi connectivity index (χ1v) is 9.89. The molecule has 2 rings (SSSR count). The molecule has 0 fully saturated rings. The van der Waals surface area contributed by atoms with Crippen LogP contribution in [0.4, 0.5) is 5.69 Å². The minimum Gasteiger partial charge on any atom is -0.487 e. The maximum atomic E-state index is 12.3. The number of amides is 1. The number of anilines is 1. The fourth-order valence-electron chi connectivity index (χ4n) is 1.99. The zero-order valence-electron chi connectivity index (χ0n) is 13.4. The van der Waals surface area contributed by atoms with Gasteiger partial charge in [0.05, 0.1) is 7.14 Å². The predicted octanol–water partition coefficient (Wildman–Crippen LogP) is 5.66. The van der Waals surface area contributed by atoms with Gasteiger partial charge in [-0.15, -0.1) is 0 Å². The zero-order valence-corrected chi connectivity index (χ0v) is 18.5. The van der Waals surface area contributed by atoms with E-state index >= 15 is 0 Å². The van der Waals surface area contributed by atoms with Gasteiger partial charge in [-0.05, 0) is 93.2 Å². The molecule has 2 aromatic rings. The van der Waals surface area contributed by atoms with Crippen molar-refractivity contribution < 1.29 is 9.53 Å². The highest BCUT2D eigenvalue weighted by Crippen LogP contribution is 2.30. The molecule has 0 atom stereocenters. The molecule has 0 unspecified atom stereocenters. The molecule has 0 saturated heterocycles. The number of benzene rings is 2. The highest BCUT2D eigenvalue weighted by Gasteiger charge is 2.12. The van der Waals surface area contributed by atoms with Crippen LogP contribution in [0.1, 0.15) is 5.56 Å². The van der Waals surface area contributed by atoms with E-state index in [1.807, 2.05) is 18.2 Å². The lowest BCUT2D eigenvalue weighted by Gasteiger charge is -2.10. The predicted molar refractivity (Wildman–Crippen MR) is 121 cm³/mol. The Morgan fingerprint density at radius 3 is 2.42 bits per heavy atom. The topological polar surface area (TPSA) is 62.1 Å². The van der Waals surface area contributed by atoms with Crippen LogP contribution in [0.25, 0.3) is 6.08 Å². The molecular formula is C19H13ClI2N2O2. The van der Waals surface area contributed by atoms with E-state index < -0.39 is 5.91 Å². The van der Waals surface area contributed by atoms with Gasteiger partial charge in [-0.2, -0.15) is 5.26 Å². The highest BCUT2D eigenvalue weighted by molar-refractivity contribution is 14.1. The summed E-state index contributed by atoms with van der Waals surface area (Å²) in [6, 6.07) is 12.3. The Morgan fingerprint density at radius 1 is 1.27 bits per heavy atom. The van der Waals surface area contributed by atoms with Crippen LogP contribution in [-0.2, 0) is 4.79 Å². The summed E-state index contributed by atoms with van der Waals surface area (Å²) in [5, 5.41) is 12.6.